The molecule has 2 rings (SSSR count). The number of nitrogens with zero attached hydrogens (tertiary/aromatic N) is 1. The molecule has 0 unspecified atom stereocenters. The summed E-state index contributed by atoms with van der Waals surface area (Å²) in [7, 11) is 0. The first-order valence-electron chi connectivity index (χ1n) is 5.66. The molecule has 1 aromatic heterocycles. The molecular formula is C13H6ClF6NO. The van der Waals surface area contributed by atoms with Crippen LogP contribution >= 0.6 is 11.6 Å². The van der Waals surface area contributed by atoms with E-state index in [1.54, 1.807) is 0 Å². The molecule has 0 saturated carbocycles. The van der Waals surface area contributed by atoms with Crippen LogP contribution < -0.4 is 4.74 Å². The first kappa shape index (κ1) is 16.4. The SMILES string of the molecule is FC(F)(F)Oc1ccc(-c2ccnc(Cl)c2C(F)(F)F)cc1. The summed E-state index contributed by atoms with van der Waals surface area (Å²) in [6.07, 6.45) is -8.55. The van der Waals surface area contributed by atoms with Gasteiger partial charge in [0.25, 0.3) is 0 Å². The third kappa shape index (κ3) is 3.82. The van der Waals surface area contributed by atoms with Crippen LogP contribution in [-0.2, 0) is 6.18 Å². The normalized spacial score (nSPS) is 12.3. The number of alkyl halides is 6. The highest BCUT2D eigenvalue weighted by Crippen LogP contribution is 2.40. The fourth-order valence-corrected chi connectivity index (χ4v) is 2.05. The maximum Gasteiger partial charge on any atom is 0.573 e. The third-order valence-electron chi connectivity index (χ3n) is 2.59. The van der Waals surface area contributed by atoms with E-state index in [4.69, 9.17) is 11.6 Å². The Balaban J connectivity index is 2.43. The van der Waals surface area contributed by atoms with Gasteiger partial charge in [-0.05, 0) is 29.3 Å². The summed E-state index contributed by atoms with van der Waals surface area (Å²) in [6, 6.07) is 5.05. The summed E-state index contributed by atoms with van der Waals surface area (Å²) in [5.74, 6) is -0.537. The van der Waals surface area contributed by atoms with E-state index in [0.717, 1.165) is 36.5 Å². The van der Waals surface area contributed by atoms with Gasteiger partial charge in [0.1, 0.15) is 16.5 Å². The average Bonchev–Trinajstić information content (AvgIpc) is 2.36. The van der Waals surface area contributed by atoms with Crippen LogP contribution in [0.4, 0.5) is 26.3 Å². The van der Waals surface area contributed by atoms with Gasteiger partial charge in [0.15, 0.2) is 0 Å². The fourth-order valence-electron chi connectivity index (χ4n) is 1.78. The Morgan fingerprint density at radius 1 is 0.909 bits per heavy atom. The molecule has 0 aliphatic carbocycles. The van der Waals surface area contributed by atoms with E-state index < -0.39 is 29.0 Å². The fraction of sp³-hybridized carbons (Fsp3) is 0.154. The topological polar surface area (TPSA) is 22.1 Å². The summed E-state index contributed by atoms with van der Waals surface area (Å²) < 4.78 is 78.8. The van der Waals surface area contributed by atoms with Crippen LogP contribution in [0.1, 0.15) is 5.56 Å². The first-order chi connectivity index (χ1) is 10.1. The minimum atomic E-state index is -4.88. The predicted octanol–water partition coefficient (Wildman–Crippen LogP) is 5.32. The van der Waals surface area contributed by atoms with Gasteiger partial charge in [-0.1, -0.05) is 23.7 Å². The predicted molar refractivity (Wildman–Crippen MR) is 66.4 cm³/mol. The van der Waals surface area contributed by atoms with E-state index in [1.165, 1.54) is 0 Å². The molecule has 0 N–H and O–H groups in total. The summed E-state index contributed by atoms with van der Waals surface area (Å²) in [6.45, 7) is 0. The Morgan fingerprint density at radius 3 is 2.00 bits per heavy atom. The van der Waals surface area contributed by atoms with Crippen molar-refractivity contribution in [2.45, 2.75) is 12.5 Å². The van der Waals surface area contributed by atoms with Gasteiger partial charge in [0.05, 0.1) is 0 Å². The molecule has 0 radical (unpaired) electrons. The van der Waals surface area contributed by atoms with Gasteiger partial charge in [0, 0.05) is 6.20 Å². The van der Waals surface area contributed by atoms with Crippen LogP contribution in [0, 0.1) is 0 Å². The number of aromatic nitrogens is 1. The van der Waals surface area contributed by atoms with Crippen molar-refractivity contribution in [2.75, 3.05) is 0 Å². The van der Waals surface area contributed by atoms with Crippen molar-refractivity contribution in [3.05, 3.63) is 47.2 Å². The third-order valence-corrected chi connectivity index (χ3v) is 2.87. The highest BCUT2D eigenvalue weighted by molar-refractivity contribution is 6.30. The van der Waals surface area contributed by atoms with E-state index in [1.807, 2.05) is 0 Å². The summed E-state index contributed by atoms with van der Waals surface area (Å²) >= 11 is 5.48. The zero-order valence-electron chi connectivity index (χ0n) is 10.5. The second-order valence-corrected chi connectivity index (χ2v) is 4.45. The van der Waals surface area contributed by atoms with Crippen LogP contribution in [0.25, 0.3) is 11.1 Å². The van der Waals surface area contributed by atoms with Crippen molar-refractivity contribution in [1.82, 2.24) is 4.98 Å². The Hall–Kier alpha value is -1.96. The lowest BCUT2D eigenvalue weighted by Crippen LogP contribution is -2.17. The second-order valence-electron chi connectivity index (χ2n) is 4.09. The van der Waals surface area contributed by atoms with Crippen molar-refractivity contribution in [2.24, 2.45) is 0 Å². The lowest BCUT2D eigenvalue weighted by Gasteiger charge is -2.14. The summed E-state index contributed by atoms with van der Waals surface area (Å²) in [5, 5.41) is -0.736. The van der Waals surface area contributed by atoms with Crippen LogP contribution in [0.5, 0.6) is 5.75 Å². The molecule has 0 atom stereocenters. The maximum absolute atomic E-state index is 13.0. The standard InChI is InChI=1S/C13H6ClF6NO/c14-11-10(12(15,16)17)9(5-6-21-11)7-1-3-8(4-2-7)22-13(18,19)20/h1-6H. The van der Waals surface area contributed by atoms with Gasteiger partial charge in [-0.2, -0.15) is 13.2 Å². The summed E-state index contributed by atoms with van der Waals surface area (Å²) in [4.78, 5) is 3.37. The molecule has 0 aliphatic rings. The lowest BCUT2D eigenvalue weighted by molar-refractivity contribution is -0.274. The van der Waals surface area contributed by atoms with E-state index in [-0.39, 0.29) is 11.1 Å². The van der Waals surface area contributed by atoms with Crippen molar-refractivity contribution < 1.29 is 31.1 Å². The van der Waals surface area contributed by atoms with E-state index in [0.29, 0.717) is 0 Å². The maximum atomic E-state index is 13.0. The molecule has 22 heavy (non-hydrogen) atoms. The molecular weight excluding hydrogens is 336 g/mol. The van der Waals surface area contributed by atoms with Crippen molar-refractivity contribution >= 4 is 11.6 Å². The largest absolute Gasteiger partial charge is 0.573 e. The van der Waals surface area contributed by atoms with Gasteiger partial charge < -0.3 is 4.74 Å². The second kappa shape index (κ2) is 5.68. The number of benzene rings is 1. The number of pyridine rings is 1. The molecule has 0 amide bonds. The van der Waals surface area contributed by atoms with Crippen molar-refractivity contribution in [1.29, 1.82) is 0 Å². The molecule has 0 saturated heterocycles. The molecule has 0 spiro atoms. The Labute approximate surface area is 125 Å². The minimum absolute atomic E-state index is 0.0335. The molecule has 2 nitrogen and oxygen atoms in total. The van der Waals surface area contributed by atoms with Crippen molar-refractivity contribution in [3.8, 4) is 16.9 Å². The molecule has 1 aromatic carbocycles. The quantitative estimate of drug-likeness (QED) is 0.545. The number of ether oxygens (including phenoxy) is 1. The smallest absolute Gasteiger partial charge is 0.406 e. The monoisotopic (exact) mass is 341 g/mol. The zero-order valence-corrected chi connectivity index (χ0v) is 11.2. The molecule has 0 bridgehead atoms. The molecule has 0 aliphatic heterocycles. The van der Waals surface area contributed by atoms with Gasteiger partial charge in [0.2, 0.25) is 0 Å². The molecule has 2 aromatic rings. The van der Waals surface area contributed by atoms with Gasteiger partial charge in [-0.15, -0.1) is 13.2 Å². The van der Waals surface area contributed by atoms with E-state index in [9.17, 15) is 26.3 Å². The zero-order chi connectivity index (χ0) is 16.5. The summed E-state index contributed by atoms with van der Waals surface area (Å²) in [5.41, 5.74) is -1.40. The number of halogens is 7. The Bertz CT molecular complexity index is 666. The minimum Gasteiger partial charge on any atom is -0.406 e. The van der Waals surface area contributed by atoms with Crippen LogP contribution in [0.3, 0.4) is 0 Å². The number of hydrogen-bond donors (Lipinski definition) is 0. The number of rotatable bonds is 2. The highest BCUT2D eigenvalue weighted by atomic mass is 35.5. The average molecular weight is 342 g/mol. The van der Waals surface area contributed by atoms with Crippen LogP contribution in [-0.4, -0.2) is 11.3 Å². The van der Waals surface area contributed by atoms with E-state index >= 15 is 0 Å². The highest BCUT2D eigenvalue weighted by Gasteiger charge is 2.37. The van der Waals surface area contributed by atoms with E-state index in [2.05, 4.69) is 9.72 Å². The van der Waals surface area contributed by atoms with Crippen LogP contribution in [0.15, 0.2) is 36.5 Å². The molecule has 118 valence electrons. The number of hydrogen-bond acceptors (Lipinski definition) is 2. The van der Waals surface area contributed by atoms with Crippen LogP contribution in [0.2, 0.25) is 5.15 Å². The molecule has 9 heteroatoms. The van der Waals surface area contributed by atoms with Gasteiger partial charge in [-0.3, -0.25) is 0 Å². The molecule has 0 fully saturated rings. The lowest BCUT2D eigenvalue weighted by atomic mass is 10.0. The van der Waals surface area contributed by atoms with Gasteiger partial charge in [-0.25, -0.2) is 4.98 Å². The molecule has 1 heterocycles. The Kier molecular flexibility index (Phi) is 4.23. The van der Waals surface area contributed by atoms with Crippen molar-refractivity contribution in [3.63, 3.8) is 0 Å². The van der Waals surface area contributed by atoms with Gasteiger partial charge >= 0.3 is 12.5 Å². The Morgan fingerprint density at radius 2 is 1.50 bits per heavy atom. The first-order valence-corrected chi connectivity index (χ1v) is 6.03.